The second-order valence-corrected chi connectivity index (χ2v) is 4.54. The second kappa shape index (κ2) is 5.71. The van der Waals surface area contributed by atoms with Gasteiger partial charge in [0.05, 0.1) is 0 Å². The van der Waals surface area contributed by atoms with Gasteiger partial charge in [0.2, 0.25) is 0 Å². The van der Waals surface area contributed by atoms with Crippen LogP contribution in [0.25, 0.3) is 0 Å². The fourth-order valence-electron chi connectivity index (χ4n) is 1.65. The topological polar surface area (TPSA) is 59.4 Å². The van der Waals surface area contributed by atoms with Crippen molar-refractivity contribution in [2.45, 2.75) is 13.5 Å². The first kappa shape index (κ1) is 13.4. The Balaban J connectivity index is 2.17. The molecule has 19 heavy (non-hydrogen) atoms. The van der Waals surface area contributed by atoms with E-state index in [-0.39, 0.29) is 12.2 Å². The number of hydrogen-bond donors (Lipinski definition) is 1. The molecule has 4 nitrogen and oxygen atoms in total. The van der Waals surface area contributed by atoms with Gasteiger partial charge < -0.3 is 9.84 Å². The molecule has 2 rings (SSSR count). The number of pyridine rings is 1. The van der Waals surface area contributed by atoms with Crippen LogP contribution in [0.3, 0.4) is 0 Å². The highest BCUT2D eigenvalue weighted by Gasteiger charge is 2.12. The van der Waals surface area contributed by atoms with Gasteiger partial charge in [0.15, 0.2) is 0 Å². The summed E-state index contributed by atoms with van der Waals surface area (Å²) in [6.45, 7) is 2.19. The summed E-state index contributed by atoms with van der Waals surface area (Å²) >= 11 is 5.77. The van der Waals surface area contributed by atoms with Crippen LogP contribution in [0, 0.1) is 6.92 Å². The van der Waals surface area contributed by atoms with Gasteiger partial charge in [-0.3, -0.25) is 4.98 Å². The van der Waals surface area contributed by atoms with E-state index in [0.717, 1.165) is 11.1 Å². The summed E-state index contributed by atoms with van der Waals surface area (Å²) < 4.78 is 5.52. The molecule has 0 bridgehead atoms. The number of aryl methyl sites for hydroxylation is 1. The van der Waals surface area contributed by atoms with Crippen molar-refractivity contribution in [3.05, 3.63) is 58.4 Å². The number of nitrogens with zero attached hydrogens (tertiary/aromatic N) is 1. The van der Waals surface area contributed by atoms with E-state index in [1.165, 1.54) is 6.07 Å². The molecule has 2 aromatic rings. The van der Waals surface area contributed by atoms with E-state index in [1.54, 1.807) is 24.5 Å². The summed E-state index contributed by atoms with van der Waals surface area (Å²) in [5.74, 6) is -0.779. The van der Waals surface area contributed by atoms with Gasteiger partial charge in [-0.25, -0.2) is 4.79 Å². The Morgan fingerprint density at radius 3 is 2.84 bits per heavy atom. The maximum absolute atomic E-state index is 11.1. The van der Waals surface area contributed by atoms with Crippen LogP contribution in [0.5, 0.6) is 5.75 Å². The highest BCUT2D eigenvalue weighted by molar-refractivity contribution is 6.31. The minimum atomic E-state index is -1.07. The van der Waals surface area contributed by atoms with Crippen LogP contribution < -0.4 is 4.74 Å². The largest absolute Gasteiger partial charge is 0.488 e. The first-order valence-electron chi connectivity index (χ1n) is 5.62. The van der Waals surface area contributed by atoms with E-state index in [0.29, 0.717) is 10.8 Å². The van der Waals surface area contributed by atoms with Crippen LogP contribution in [-0.2, 0) is 6.61 Å². The van der Waals surface area contributed by atoms with Gasteiger partial charge >= 0.3 is 5.97 Å². The van der Waals surface area contributed by atoms with E-state index < -0.39 is 5.97 Å². The predicted molar refractivity (Wildman–Crippen MR) is 71.7 cm³/mol. The molecule has 0 radical (unpaired) electrons. The van der Waals surface area contributed by atoms with Crippen LogP contribution in [0.15, 0.2) is 36.7 Å². The fraction of sp³-hybridized carbons (Fsp3) is 0.143. The molecular formula is C14H12ClNO3. The third-order valence-corrected chi connectivity index (χ3v) is 2.73. The van der Waals surface area contributed by atoms with E-state index in [1.807, 2.05) is 13.0 Å². The number of halogens is 1. The normalized spacial score (nSPS) is 10.2. The Bertz CT molecular complexity index is 613. The number of hydrogen-bond acceptors (Lipinski definition) is 3. The van der Waals surface area contributed by atoms with E-state index in [4.69, 9.17) is 21.4 Å². The lowest BCUT2D eigenvalue weighted by Crippen LogP contribution is -2.03. The summed E-state index contributed by atoms with van der Waals surface area (Å²) in [5.41, 5.74) is 1.95. The van der Waals surface area contributed by atoms with Gasteiger partial charge in [-0.05, 0) is 36.8 Å². The van der Waals surface area contributed by atoms with Gasteiger partial charge in [0, 0.05) is 23.0 Å². The van der Waals surface area contributed by atoms with Crippen LogP contribution in [0.2, 0.25) is 5.02 Å². The SMILES string of the molecule is Cc1cncc(COc2ccc(Cl)cc2C(=O)O)c1. The van der Waals surface area contributed by atoms with Crippen molar-refractivity contribution in [2.75, 3.05) is 0 Å². The van der Waals surface area contributed by atoms with Crippen molar-refractivity contribution in [3.8, 4) is 5.75 Å². The van der Waals surface area contributed by atoms with Crippen LogP contribution >= 0.6 is 11.6 Å². The van der Waals surface area contributed by atoms with Crippen molar-refractivity contribution in [1.29, 1.82) is 0 Å². The average Bonchev–Trinajstić information content (AvgIpc) is 2.37. The molecule has 0 atom stereocenters. The van der Waals surface area contributed by atoms with E-state index in [9.17, 15) is 4.79 Å². The summed E-state index contributed by atoms with van der Waals surface area (Å²) in [7, 11) is 0. The first-order valence-corrected chi connectivity index (χ1v) is 6.00. The molecule has 0 spiro atoms. The third kappa shape index (κ3) is 3.45. The molecule has 0 aliphatic heterocycles. The summed E-state index contributed by atoms with van der Waals surface area (Å²) in [6, 6.07) is 6.45. The Kier molecular flexibility index (Phi) is 4.02. The van der Waals surface area contributed by atoms with E-state index in [2.05, 4.69) is 4.98 Å². The molecule has 5 heteroatoms. The Hall–Kier alpha value is -2.07. The maximum Gasteiger partial charge on any atom is 0.339 e. The molecular weight excluding hydrogens is 266 g/mol. The van der Waals surface area contributed by atoms with Gasteiger partial charge in [0.1, 0.15) is 17.9 Å². The van der Waals surface area contributed by atoms with E-state index >= 15 is 0 Å². The van der Waals surface area contributed by atoms with Crippen molar-refractivity contribution >= 4 is 17.6 Å². The summed E-state index contributed by atoms with van der Waals surface area (Å²) in [6.07, 6.45) is 3.43. The molecule has 0 fully saturated rings. The van der Waals surface area contributed by atoms with Crippen LogP contribution in [0.1, 0.15) is 21.5 Å². The zero-order chi connectivity index (χ0) is 13.8. The molecule has 0 amide bonds. The number of aromatic nitrogens is 1. The monoisotopic (exact) mass is 277 g/mol. The number of carboxylic acid groups (broad SMARTS) is 1. The lowest BCUT2D eigenvalue weighted by Gasteiger charge is -2.09. The molecule has 0 aliphatic carbocycles. The number of carboxylic acids is 1. The Morgan fingerprint density at radius 2 is 2.16 bits per heavy atom. The molecule has 0 saturated heterocycles. The molecule has 98 valence electrons. The van der Waals surface area contributed by atoms with Gasteiger partial charge in [-0.15, -0.1) is 0 Å². The van der Waals surface area contributed by atoms with Crippen LogP contribution in [-0.4, -0.2) is 16.1 Å². The quantitative estimate of drug-likeness (QED) is 0.931. The highest BCUT2D eigenvalue weighted by atomic mass is 35.5. The van der Waals surface area contributed by atoms with Crippen molar-refractivity contribution in [3.63, 3.8) is 0 Å². The number of aromatic carboxylic acids is 1. The molecule has 0 aliphatic rings. The number of ether oxygens (including phenoxy) is 1. The van der Waals surface area contributed by atoms with Gasteiger partial charge in [-0.1, -0.05) is 11.6 Å². The fourth-order valence-corrected chi connectivity index (χ4v) is 1.82. The average molecular weight is 278 g/mol. The third-order valence-electron chi connectivity index (χ3n) is 2.50. The molecule has 1 aromatic heterocycles. The lowest BCUT2D eigenvalue weighted by atomic mass is 10.2. The zero-order valence-corrected chi connectivity index (χ0v) is 11.0. The van der Waals surface area contributed by atoms with Gasteiger partial charge in [-0.2, -0.15) is 0 Å². The number of carbonyl (C=O) groups is 1. The van der Waals surface area contributed by atoms with Crippen LogP contribution in [0.4, 0.5) is 0 Å². The number of rotatable bonds is 4. The minimum absolute atomic E-state index is 0.0492. The lowest BCUT2D eigenvalue weighted by molar-refractivity contribution is 0.0691. The van der Waals surface area contributed by atoms with Crippen molar-refractivity contribution in [1.82, 2.24) is 4.98 Å². The maximum atomic E-state index is 11.1. The predicted octanol–water partition coefficient (Wildman–Crippen LogP) is 3.32. The highest BCUT2D eigenvalue weighted by Crippen LogP contribution is 2.23. The molecule has 0 unspecified atom stereocenters. The van der Waals surface area contributed by atoms with Crippen molar-refractivity contribution < 1.29 is 14.6 Å². The number of benzene rings is 1. The molecule has 1 N–H and O–H groups in total. The first-order chi connectivity index (χ1) is 9.06. The Morgan fingerprint density at radius 1 is 1.37 bits per heavy atom. The Labute approximate surface area is 115 Å². The molecule has 0 saturated carbocycles. The molecule has 1 aromatic carbocycles. The summed E-state index contributed by atoms with van der Waals surface area (Å²) in [5, 5.41) is 9.44. The smallest absolute Gasteiger partial charge is 0.339 e. The van der Waals surface area contributed by atoms with Gasteiger partial charge in [0.25, 0.3) is 0 Å². The standard InChI is InChI=1S/C14H12ClNO3/c1-9-4-10(7-16-6-9)8-19-13-3-2-11(15)5-12(13)14(17)18/h2-7H,8H2,1H3,(H,17,18). The van der Waals surface area contributed by atoms with Crippen molar-refractivity contribution in [2.24, 2.45) is 0 Å². The summed E-state index contributed by atoms with van der Waals surface area (Å²) in [4.78, 5) is 15.1. The second-order valence-electron chi connectivity index (χ2n) is 4.10. The minimum Gasteiger partial charge on any atom is -0.488 e. The zero-order valence-electron chi connectivity index (χ0n) is 10.3. The molecule has 1 heterocycles.